The van der Waals surface area contributed by atoms with Gasteiger partial charge < -0.3 is 9.84 Å². The van der Waals surface area contributed by atoms with Crippen LogP contribution in [0.5, 0.6) is 0 Å². The fourth-order valence-corrected chi connectivity index (χ4v) is 2.49. The van der Waals surface area contributed by atoms with Crippen LogP contribution in [-0.2, 0) is 11.3 Å². The molecule has 0 aliphatic heterocycles. The van der Waals surface area contributed by atoms with Crippen LogP contribution in [0.2, 0.25) is 5.02 Å². The summed E-state index contributed by atoms with van der Waals surface area (Å²) in [6.07, 6.45) is -1.15. The predicted octanol–water partition coefficient (Wildman–Crippen LogP) is 2.52. The Labute approximate surface area is 151 Å². The van der Waals surface area contributed by atoms with E-state index in [9.17, 15) is 9.90 Å². The molecule has 6 nitrogen and oxygen atoms in total. The maximum Gasteiger partial charge on any atom is 0.285 e. The Bertz CT molecular complexity index is 840. The summed E-state index contributed by atoms with van der Waals surface area (Å²) in [6.45, 7) is 5.26. The lowest BCUT2D eigenvalue weighted by Gasteiger charge is -2.18. The quantitative estimate of drug-likeness (QED) is 0.854. The van der Waals surface area contributed by atoms with Crippen molar-refractivity contribution in [2.24, 2.45) is 0 Å². The minimum Gasteiger partial charge on any atom is -0.389 e. The number of ether oxygens (including phenoxy) is 1. The molecule has 0 aliphatic rings. The van der Waals surface area contributed by atoms with E-state index in [1.807, 2.05) is 25.1 Å². The second kappa shape index (κ2) is 8.26. The van der Waals surface area contributed by atoms with Crippen LogP contribution < -0.4 is 5.56 Å². The monoisotopic (exact) mass is 361 g/mol. The van der Waals surface area contributed by atoms with Gasteiger partial charge in [0.15, 0.2) is 0 Å². The first-order valence-corrected chi connectivity index (χ1v) is 8.24. The van der Waals surface area contributed by atoms with Gasteiger partial charge in [-0.2, -0.15) is 10.4 Å². The van der Waals surface area contributed by atoms with Gasteiger partial charge >= 0.3 is 0 Å². The zero-order chi connectivity index (χ0) is 18.6. The number of hydrogen-bond acceptors (Lipinski definition) is 5. The summed E-state index contributed by atoms with van der Waals surface area (Å²) in [6, 6.07) is 9.15. The number of rotatable bonds is 6. The van der Waals surface area contributed by atoms with Crippen LogP contribution in [-0.4, -0.2) is 27.6 Å². The number of aromatic nitrogens is 2. The fourth-order valence-electron chi connectivity index (χ4n) is 2.37. The van der Waals surface area contributed by atoms with Crippen LogP contribution in [0.3, 0.4) is 0 Å². The summed E-state index contributed by atoms with van der Waals surface area (Å²) in [5.41, 5.74) is 1.63. The van der Waals surface area contributed by atoms with Gasteiger partial charge in [-0.1, -0.05) is 23.7 Å². The second-order valence-electron chi connectivity index (χ2n) is 5.87. The van der Waals surface area contributed by atoms with Crippen molar-refractivity contribution in [2.45, 2.75) is 39.5 Å². The van der Waals surface area contributed by atoms with E-state index in [1.54, 1.807) is 26.0 Å². The molecule has 0 spiro atoms. The van der Waals surface area contributed by atoms with Gasteiger partial charge in [-0.3, -0.25) is 4.79 Å². The molecule has 0 radical (unpaired) electrons. The lowest BCUT2D eigenvalue weighted by atomic mass is 10.1. The lowest BCUT2D eigenvalue weighted by Crippen LogP contribution is -2.33. The lowest BCUT2D eigenvalue weighted by molar-refractivity contribution is -0.0105. The molecule has 1 N–H and O–H groups in total. The van der Waals surface area contributed by atoms with E-state index >= 15 is 0 Å². The van der Waals surface area contributed by atoms with Crippen molar-refractivity contribution >= 4 is 11.6 Å². The molecular formula is C18H20ClN3O3. The van der Waals surface area contributed by atoms with Gasteiger partial charge in [0.1, 0.15) is 11.6 Å². The van der Waals surface area contributed by atoms with Crippen molar-refractivity contribution in [3.63, 3.8) is 0 Å². The molecule has 7 heteroatoms. The molecule has 0 fully saturated rings. The highest BCUT2D eigenvalue weighted by Crippen LogP contribution is 2.19. The summed E-state index contributed by atoms with van der Waals surface area (Å²) in [7, 11) is 0. The van der Waals surface area contributed by atoms with Crippen molar-refractivity contribution in [3.05, 3.63) is 62.0 Å². The van der Waals surface area contributed by atoms with E-state index in [2.05, 4.69) is 5.10 Å². The Balaban J connectivity index is 2.02. The van der Waals surface area contributed by atoms with Crippen LogP contribution in [0.25, 0.3) is 0 Å². The summed E-state index contributed by atoms with van der Waals surface area (Å²) in [5.74, 6) is 0. The largest absolute Gasteiger partial charge is 0.389 e. The highest BCUT2D eigenvalue weighted by Gasteiger charge is 2.16. The van der Waals surface area contributed by atoms with Crippen LogP contribution >= 0.6 is 11.6 Å². The van der Waals surface area contributed by atoms with Crippen molar-refractivity contribution in [3.8, 4) is 6.07 Å². The predicted molar refractivity (Wildman–Crippen MR) is 94.5 cm³/mol. The second-order valence-corrected chi connectivity index (χ2v) is 6.30. The standard InChI is InChI=1S/C18H20ClN3O3/c1-11-12(2)21-22(18(24)17(11)8-20)9-16(23)10-25-13(3)14-4-6-15(19)7-5-14/h4-7,13,16,23H,9-10H2,1-3H3/t13-,16+/m0/s1. The highest BCUT2D eigenvalue weighted by atomic mass is 35.5. The number of nitrogens with zero attached hydrogens (tertiary/aromatic N) is 3. The highest BCUT2D eigenvalue weighted by molar-refractivity contribution is 6.30. The van der Waals surface area contributed by atoms with Gasteiger partial charge in [0, 0.05) is 5.02 Å². The third kappa shape index (κ3) is 4.67. The first-order valence-electron chi connectivity index (χ1n) is 7.87. The maximum atomic E-state index is 12.2. The number of nitriles is 1. The fraction of sp³-hybridized carbons (Fsp3) is 0.389. The smallest absolute Gasteiger partial charge is 0.285 e. The third-order valence-electron chi connectivity index (χ3n) is 4.01. The SMILES string of the molecule is Cc1nn(C[C@@H](O)CO[C@@H](C)c2ccc(Cl)cc2)c(=O)c(C#N)c1C. The molecule has 1 aromatic carbocycles. The molecule has 25 heavy (non-hydrogen) atoms. The Kier molecular flexibility index (Phi) is 6.32. The molecule has 0 amide bonds. The summed E-state index contributed by atoms with van der Waals surface area (Å²) in [5, 5.41) is 24.1. The molecule has 132 valence electrons. The first kappa shape index (κ1) is 19.1. The molecule has 2 atom stereocenters. The van der Waals surface area contributed by atoms with E-state index in [0.29, 0.717) is 16.3 Å². The number of benzene rings is 1. The molecular weight excluding hydrogens is 342 g/mol. The van der Waals surface area contributed by atoms with Gasteiger partial charge in [-0.15, -0.1) is 0 Å². The Morgan fingerprint density at radius 1 is 1.36 bits per heavy atom. The van der Waals surface area contributed by atoms with E-state index < -0.39 is 11.7 Å². The number of hydrogen-bond donors (Lipinski definition) is 1. The molecule has 2 aromatic rings. The van der Waals surface area contributed by atoms with Crippen molar-refractivity contribution in [2.75, 3.05) is 6.61 Å². The average molecular weight is 362 g/mol. The molecule has 1 heterocycles. The zero-order valence-corrected chi connectivity index (χ0v) is 15.1. The zero-order valence-electron chi connectivity index (χ0n) is 14.4. The molecule has 1 aromatic heterocycles. The number of aliphatic hydroxyl groups is 1. The topological polar surface area (TPSA) is 88.1 Å². The van der Waals surface area contributed by atoms with Crippen molar-refractivity contribution < 1.29 is 9.84 Å². The minimum atomic E-state index is -0.923. The molecule has 0 bridgehead atoms. The molecule has 0 saturated carbocycles. The Morgan fingerprint density at radius 3 is 2.60 bits per heavy atom. The van der Waals surface area contributed by atoms with Gasteiger partial charge in [0.05, 0.1) is 31.1 Å². The molecule has 0 unspecified atom stereocenters. The van der Waals surface area contributed by atoms with Gasteiger partial charge in [0.2, 0.25) is 0 Å². The Hall–Kier alpha value is -2.20. The van der Waals surface area contributed by atoms with E-state index in [1.165, 1.54) is 0 Å². The number of halogens is 1. The van der Waals surface area contributed by atoms with Crippen LogP contribution in [0.15, 0.2) is 29.1 Å². The summed E-state index contributed by atoms with van der Waals surface area (Å²) >= 11 is 5.85. The Morgan fingerprint density at radius 2 is 2.00 bits per heavy atom. The van der Waals surface area contributed by atoms with E-state index in [0.717, 1.165) is 10.2 Å². The number of aliphatic hydroxyl groups excluding tert-OH is 1. The van der Waals surface area contributed by atoms with Crippen LogP contribution in [0, 0.1) is 25.2 Å². The average Bonchev–Trinajstić information content (AvgIpc) is 2.58. The van der Waals surface area contributed by atoms with Gasteiger partial charge in [-0.25, -0.2) is 4.68 Å². The molecule has 2 rings (SSSR count). The van der Waals surface area contributed by atoms with E-state index in [4.69, 9.17) is 21.6 Å². The van der Waals surface area contributed by atoms with Crippen molar-refractivity contribution in [1.29, 1.82) is 5.26 Å². The first-order chi connectivity index (χ1) is 11.8. The van der Waals surface area contributed by atoms with Crippen LogP contribution in [0.4, 0.5) is 0 Å². The molecule has 0 aliphatic carbocycles. The third-order valence-corrected chi connectivity index (χ3v) is 4.26. The summed E-state index contributed by atoms with van der Waals surface area (Å²) < 4.78 is 6.76. The maximum absolute atomic E-state index is 12.2. The summed E-state index contributed by atoms with van der Waals surface area (Å²) in [4.78, 5) is 12.2. The van der Waals surface area contributed by atoms with Crippen LogP contribution in [0.1, 0.15) is 35.4 Å². The minimum absolute atomic E-state index is 0.0344. The normalized spacial score (nSPS) is 13.3. The van der Waals surface area contributed by atoms with Crippen molar-refractivity contribution in [1.82, 2.24) is 9.78 Å². The van der Waals surface area contributed by atoms with Gasteiger partial charge in [0.25, 0.3) is 5.56 Å². The van der Waals surface area contributed by atoms with Gasteiger partial charge in [-0.05, 0) is 44.0 Å². The number of aryl methyl sites for hydroxylation is 1. The molecule has 0 saturated heterocycles. The van der Waals surface area contributed by atoms with E-state index in [-0.39, 0.29) is 24.8 Å².